The summed E-state index contributed by atoms with van der Waals surface area (Å²) in [6.07, 6.45) is 4.91. The minimum absolute atomic E-state index is 0.00110. The van der Waals surface area contributed by atoms with Gasteiger partial charge >= 0.3 is 0 Å². The van der Waals surface area contributed by atoms with Gasteiger partial charge in [0.15, 0.2) is 5.17 Å². The first-order chi connectivity index (χ1) is 13.2. The Morgan fingerprint density at radius 2 is 1.78 bits per heavy atom. The number of amides is 1. The molecule has 1 N–H and O–H groups in total. The zero-order valence-electron chi connectivity index (χ0n) is 15.9. The number of rotatable bonds is 4. The van der Waals surface area contributed by atoms with Crippen LogP contribution in [0.15, 0.2) is 59.6 Å². The van der Waals surface area contributed by atoms with Crippen molar-refractivity contribution < 1.29 is 4.79 Å². The number of nitrogens with zero attached hydrogens (tertiary/aromatic N) is 2. The predicted octanol–water partition coefficient (Wildman–Crippen LogP) is 5.23. The second kappa shape index (κ2) is 10.2. The fraction of sp³-hybridized carbons (Fsp3) is 0.364. The summed E-state index contributed by atoms with van der Waals surface area (Å²) in [4.78, 5) is 19.6. The summed E-state index contributed by atoms with van der Waals surface area (Å²) in [5, 5.41) is 3.93. The van der Waals surface area contributed by atoms with Crippen LogP contribution in [-0.2, 0) is 4.79 Å². The number of hydrogen-bond donors (Lipinski definition) is 1. The second-order valence-corrected chi connectivity index (χ2v) is 7.78. The monoisotopic (exact) mass is 381 g/mol. The van der Waals surface area contributed by atoms with Crippen LogP contribution in [0.2, 0.25) is 0 Å². The van der Waals surface area contributed by atoms with Crippen LogP contribution in [0.25, 0.3) is 0 Å². The van der Waals surface area contributed by atoms with Gasteiger partial charge in [0.1, 0.15) is 0 Å². The highest BCUT2D eigenvalue weighted by Crippen LogP contribution is 2.21. The third-order valence-electron chi connectivity index (χ3n) is 4.49. The number of anilines is 1. The number of carbonyl (C=O) groups excluding carboxylic acids is 1. The summed E-state index contributed by atoms with van der Waals surface area (Å²) in [5.74, 6) is 0.358. The molecule has 0 aromatic heterocycles. The summed E-state index contributed by atoms with van der Waals surface area (Å²) in [6.45, 7) is 4.05. The number of carbonyl (C=O) groups is 1. The molecule has 5 heteroatoms. The first kappa shape index (κ1) is 19.5. The number of nitrogens with one attached hydrogen (secondary N) is 1. The average Bonchev–Trinajstić information content (AvgIpc) is 2.95. The van der Waals surface area contributed by atoms with E-state index in [1.54, 1.807) is 0 Å². The van der Waals surface area contributed by atoms with E-state index >= 15 is 0 Å². The average molecular weight is 382 g/mol. The summed E-state index contributed by atoms with van der Waals surface area (Å²) in [5.41, 5.74) is 2.91. The van der Waals surface area contributed by atoms with Crippen molar-refractivity contribution >= 4 is 34.2 Å². The molecular weight excluding hydrogens is 354 g/mol. The first-order valence-electron chi connectivity index (χ1n) is 9.59. The molecule has 27 heavy (non-hydrogen) atoms. The van der Waals surface area contributed by atoms with E-state index in [1.165, 1.54) is 37.4 Å². The number of thioether (sulfide) groups is 1. The number of amidine groups is 1. The Balaban J connectivity index is 1.67. The molecule has 0 spiro atoms. The highest BCUT2D eigenvalue weighted by molar-refractivity contribution is 8.14. The third-order valence-corrected chi connectivity index (χ3v) is 5.51. The molecule has 3 rings (SSSR count). The van der Waals surface area contributed by atoms with E-state index in [2.05, 4.69) is 10.2 Å². The summed E-state index contributed by atoms with van der Waals surface area (Å²) < 4.78 is 0. The number of benzene rings is 2. The Labute approximate surface area is 166 Å². The van der Waals surface area contributed by atoms with Gasteiger partial charge < -0.3 is 10.2 Å². The van der Waals surface area contributed by atoms with Gasteiger partial charge in [0.2, 0.25) is 5.91 Å². The normalized spacial score (nSPS) is 15.3. The molecule has 2 aromatic rings. The van der Waals surface area contributed by atoms with Crippen LogP contribution in [0.4, 0.5) is 11.4 Å². The van der Waals surface area contributed by atoms with Gasteiger partial charge in [-0.05, 0) is 49.6 Å². The molecule has 142 valence electrons. The van der Waals surface area contributed by atoms with Gasteiger partial charge in [0, 0.05) is 18.8 Å². The lowest BCUT2D eigenvalue weighted by Crippen LogP contribution is -2.31. The SMILES string of the molecule is Cc1cccc(NC(=O)CSC(=Nc2ccccc2)N2CCCCCC2)c1. The lowest BCUT2D eigenvalue weighted by molar-refractivity contribution is -0.113. The maximum Gasteiger partial charge on any atom is 0.234 e. The van der Waals surface area contributed by atoms with Gasteiger partial charge in [0.25, 0.3) is 0 Å². The number of para-hydroxylation sites is 1. The van der Waals surface area contributed by atoms with Gasteiger partial charge in [-0.2, -0.15) is 0 Å². The Kier molecular flexibility index (Phi) is 7.34. The molecule has 1 saturated heterocycles. The van der Waals surface area contributed by atoms with Gasteiger partial charge in [0.05, 0.1) is 11.4 Å². The van der Waals surface area contributed by atoms with E-state index in [9.17, 15) is 4.79 Å². The number of aryl methyl sites for hydroxylation is 1. The van der Waals surface area contributed by atoms with E-state index in [0.717, 1.165) is 35.2 Å². The summed E-state index contributed by atoms with van der Waals surface area (Å²) >= 11 is 1.53. The van der Waals surface area contributed by atoms with Crippen molar-refractivity contribution in [3.8, 4) is 0 Å². The van der Waals surface area contributed by atoms with Crippen molar-refractivity contribution in [2.75, 3.05) is 24.2 Å². The van der Waals surface area contributed by atoms with Crippen LogP contribution >= 0.6 is 11.8 Å². The fourth-order valence-electron chi connectivity index (χ4n) is 3.12. The van der Waals surface area contributed by atoms with Crippen molar-refractivity contribution in [3.05, 3.63) is 60.2 Å². The topological polar surface area (TPSA) is 44.7 Å². The maximum atomic E-state index is 12.4. The smallest absolute Gasteiger partial charge is 0.234 e. The lowest BCUT2D eigenvalue weighted by Gasteiger charge is -2.23. The molecule has 1 aliphatic heterocycles. The summed E-state index contributed by atoms with van der Waals surface area (Å²) in [7, 11) is 0. The molecule has 0 unspecified atom stereocenters. The summed E-state index contributed by atoms with van der Waals surface area (Å²) in [6, 6.07) is 17.9. The molecule has 0 atom stereocenters. The number of aliphatic imine (C=N–C) groups is 1. The fourth-order valence-corrected chi connectivity index (χ4v) is 3.99. The molecule has 2 aromatic carbocycles. The van der Waals surface area contributed by atoms with Gasteiger partial charge in [-0.15, -0.1) is 0 Å². The van der Waals surface area contributed by atoms with Crippen molar-refractivity contribution in [1.82, 2.24) is 4.90 Å². The largest absolute Gasteiger partial charge is 0.351 e. The number of likely N-dealkylation sites (tertiary alicyclic amines) is 1. The standard InChI is InChI=1S/C22H27N3OS/c1-18-10-9-13-20(16-18)23-21(26)17-27-22(24-19-11-5-4-6-12-19)25-14-7-2-3-8-15-25/h4-6,9-13,16H,2-3,7-8,14-15,17H2,1H3,(H,23,26). The molecular formula is C22H27N3OS. The first-order valence-corrected chi connectivity index (χ1v) is 10.6. The molecule has 0 bridgehead atoms. The Morgan fingerprint density at radius 1 is 1.04 bits per heavy atom. The lowest BCUT2D eigenvalue weighted by atomic mass is 10.2. The minimum Gasteiger partial charge on any atom is -0.351 e. The molecule has 1 heterocycles. The predicted molar refractivity (Wildman–Crippen MR) is 116 cm³/mol. The van der Waals surface area contributed by atoms with Gasteiger partial charge in [-0.25, -0.2) is 4.99 Å². The van der Waals surface area contributed by atoms with Crippen LogP contribution in [0.1, 0.15) is 31.2 Å². The molecule has 4 nitrogen and oxygen atoms in total. The zero-order chi connectivity index (χ0) is 18.9. The quantitative estimate of drug-likeness (QED) is 0.582. The molecule has 1 aliphatic rings. The Bertz CT molecular complexity index is 768. The van der Waals surface area contributed by atoms with E-state index in [-0.39, 0.29) is 5.91 Å². The van der Waals surface area contributed by atoms with Gasteiger partial charge in [-0.1, -0.05) is 54.9 Å². The molecule has 1 fully saturated rings. The molecule has 1 amide bonds. The van der Waals surface area contributed by atoms with Crippen LogP contribution in [0.5, 0.6) is 0 Å². The molecule has 0 radical (unpaired) electrons. The highest BCUT2D eigenvalue weighted by atomic mass is 32.2. The minimum atomic E-state index is 0.00110. The van der Waals surface area contributed by atoms with E-state index < -0.39 is 0 Å². The number of hydrogen-bond acceptors (Lipinski definition) is 3. The van der Waals surface area contributed by atoms with Crippen molar-refractivity contribution in [2.24, 2.45) is 4.99 Å². The Hall–Kier alpha value is -2.27. The van der Waals surface area contributed by atoms with Crippen molar-refractivity contribution in [3.63, 3.8) is 0 Å². The van der Waals surface area contributed by atoms with Crippen molar-refractivity contribution in [2.45, 2.75) is 32.6 Å². The van der Waals surface area contributed by atoms with Crippen LogP contribution < -0.4 is 5.32 Å². The van der Waals surface area contributed by atoms with Crippen LogP contribution in [0, 0.1) is 6.92 Å². The van der Waals surface area contributed by atoms with Crippen molar-refractivity contribution in [1.29, 1.82) is 0 Å². The maximum absolute atomic E-state index is 12.4. The van der Waals surface area contributed by atoms with E-state index in [4.69, 9.17) is 4.99 Å². The zero-order valence-corrected chi connectivity index (χ0v) is 16.7. The molecule has 0 saturated carbocycles. The third kappa shape index (κ3) is 6.43. The second-order valence-electron chi connectivity index (χ2n) is 6.84. The van der Waals surface area contributed by atoms with E-state index in [0.29, 0.717) is 5.75 Å². The van der Waals surface area contributed by atoms with E-state index in [1.807, 2.05) is 61.5 Å². The van der Waals surface area contributed by atoms with Crippen LogP contribution in [0.3, 0.4) is 0 Å². The molecule has 0 aliphatic carbocycles. The van der Waals surface area contributed by atoms with Gasteiger partial charge in [-0.3, -0.25) is 4.79 Å². The Morgan fingerprint density at radius 3 is 2.48 bits per heavy atom. The van der Waals surface area contributed by atoms with Crippen LogP contribution in [-0.4, -0.2) is 34.8 Å². The highest BCUT2D eigenvalue weighted by Gasteiger charge is 2.16.